The van der Waals surface area contributed by atoms with Gasteiger partial charge in [0, 0.05) is 6.54 Å². The van der Waals surface area contributed by atoms with E-state index in [0.717, 1.165) is 4.31 Å². The third kappa shape index (κ3) is 4.20. The maximum atomic E-state index is 12.0. The molecule has 0 aromatic heterocycles. The first-order valence-corrected chi connectivity index (χ1v) is 7.37. The van der Waals surface area contributed by atoms with Crippen LogP contribution in [0.3, 0.4) is 0 Å². The van der Waals surface area contributed by atoms with Crippen molar-refractivity contribution in [3.05, 3.63) is 0 Å². The van der Waals surface area contributed by atoms with Gasteiger partial charge < -0.3 is 14.6 Å². The summed E-state index contributed by atoms with van der Waals surface area (Å²) in [4.78, 5) is 11.0. The number of carboxylic acids is 1. The molecule has 1 aliphatic rings. The lowest BCUT2D eigenvalue weighted by Gasteiger charge is -2.31. The van der Waals surface area contributed by atoms with Crippen LogP contribution in [0.25, 0.3) is 0 Å². The van der Waals surface area contributed by atoms with Gasteiger partial charge in [-0.3, -0.25) is 4.79 Å². The molecule has 1 fully saturated rings. The molecule has 0 saturated carbocycles. The summed E-state index contributed by atoms with van der Waals surface area (Å²) < 4.78 is 35.2. The Balaban J connectivity index is 2.66. The SMILES string of the molecule is CC(C)OCCS(=O)(=O)N1CCOCC1C(=O)O. The molecule has 0 amide bonds. The molecule has 0 bridgehead atoms. The Labute approximate surface area is 107 Å². The van der Waals surface area contributed by atoms with Gasteiger partial charge in [0.25, 0.3) is 0 Å². The first-order valence-electron chi connectivity index (χ1n) is 5.76. The first kappa shape index (κ1) is 15.4. The van der Waals surface area contributed by atoms with Crippen molar-refractivity contribution >= 4 is 16.0 Å². The summed E-state index contributed by atoms with van der Waals surface area (Å²) in [6, 6.07) is -1.14. The van der Waals surface area contributed by atoms with Crippen LogP contribution in [0.15, 0.2) is 0 Å². The highest BCUT2D eigenvalue weighted by Gasteiger charge is 2.37. The van der Waals surface area contributed by atoms with Crippen molar-refractivity contribution in [1.82, 2.24) is 4.31 Å². The number of hydrogen-bond acceptors (Lipinski definition) is 5. The molecule has 1 heterocycles. The highest BCUT2D eigenvalue weighted by Crippen LogP contribution is 2.13. The molecule has 0 spiro atoms. The van der Waals surface area contributed by atoms with Gasteiger partial charge in [0.2, 0.25) is 10.0 Å². The van der Waals surface area contributed by atoms with Crippen LogP contribution in [-0.2, 0) is 24.3 Å². The number of hydrogen-bond donors (Lipinski definition) is 1. The molecular formula is C10H19NO6S. The summed E-state index contributed by atoms with van der Waals surface area (Å²) in [6.45, 7) is 3.85. The molecule has 18 heavy (non-hydrogen) atoms. The topological polar surface area (TPSA) is 93.1 Å². The molecule has 0 aromatic rings. The molecule has 8 heteroatoms. The number of ether oxygens (including phenoxy) is 2. The smallest absolute Gasteiger partial charge is 0.324 e. The molecule has 1 unspecified atom stereocenters. The van der Waals surface area contributed by atoms with Crippen LogP contribution >= 0.6 is 0 Å². The quantitative estimate of drug-likeness (QED) is 0.707. The van der Waals surface area contributed by atoms with Crippen LogP contribution in [0.2, 0.25) is 0 Å². The van der Waals surface area contributed by atoms with E-state index in [1.165, 1.54) is 0 Å². The Morgan fingerprint density at radius 2 is 2.22 bits per heavy atom. The average Bonchev–Trinajstić information content (AvgIpc) is 2.28. The number of carbonyl (C=O) groups is 1. The van der Waals surface area contributed by atoms with Crippen molar-refractivity contribution in [2.24, 2.45) is 0 Å². The number of morpholine rings is 1. The Hall–Kier alpha value is -0.700. The fourth-order valence-corrected chi connectivity index (χ4v) is 3.06. The van der Waals surface area contributed by atoms with E-state index in [-0.39, 0.29) is 38.2 Å². The summed E-state index contributed by atoms with van der Waals surface area (Å²) in [6.07, 6.45) is -0.0554. The summed E-state index contributed by atoms with van der Waals surface area (Å²) >= 11 is 0. The second kappa shape index (κ2) is 6.46. The van der Waals surface area contributed by atoms with Gasteiger partial charge in [-0.25, -0.2) is 8.42 Å². The molecule has 0 aliphatic carbocycles. The highest BCUT2D eigenvalue weighted by atomic mass is 32.2. The third-order valence-electron chi connectivity index (χ3n) is 2.51. The maximum absolute atomic E-state index is 12.0. The Kier molecular flexibility index (Phi) is 5.51. The molecule has 1 N–H and O–H groups in total. The number of sulfonamides is 1. The molecule has 1 aliphatic heterocycles. The predicted octanol–water partition coefficient (Wildman–Crippen LogP) is -0.473. The number of rotatable bonds is 6. The molecule has 1 rings (SSSR count). The zero-order chi connectivity index (χ0) is 13.8. The van der Waals surface area contributed by atoms with Gasteiger partial charge in [0.05, 0.1) is 31.7 Å². The van der Waals surface area contributed by atoms with Crippen LogP contribution in [0.1, 0.15) is 13.8 Å². The normalized spacial score (nSPS) is 22.3. The van der Waals surface area contributed by atoms with Gasteiger partial charge in [0.1, 0.15) is 6.04 Å². The third-order valence-corrected chi connectivity index (χ3v) is 4.35. The fourth-order valence-electron chi connectivity index (χ4n) is 1.62. The molecular weight excluding hydrogens is 262 g/mol. The van der Waals surface area contributed by atoms with Crippen LogP contribution in [0.5, 0.6) is 0 Å². The lowest BCUT2D eigenvalue weighted by atomic mass is 10.3. The minimum atomic E-state index is -3.63. The second-order valence-corrected chi connectivity index (χ2v) is 6.32. The highest BCUT2D eigenvalue weighted by molar-refractivity contribution is 7.89. The standard InChI is InChI=1S/C10H19NO6S/c1-8(2)17-5-6-18(14,15)11-3-4-16-7-9(11)10(12)13/h8-9H,3-7H2,1-2H3,(H,12,13). The summed E-state index contributed by atoms with van der Waals surface area (Å²) in [5.41, 5.74) is 0. The molecule has 1 atom stereocenters. The zero-order valence-corrected chi connectivity index (χ0v) is 11.4. The zero-order valence-electron chi connectivity index (χ0n) is 10.5. The van der Waals surface area contributed by atoms with Crippen molar-refractivity contribution in [2.75, 3.05) is 32.1 Å². The van der Waals surface area contributed by atoms with Crippen molar-refractivity contribution in [3.63, 3.8) is 0 Å². The van der Waals surface area contributed by atoms with Crippen molar-refractivity contribution in [1.29, 1.82) is 0 Å². The Bertz CT molecular complexity index is 380. The summed E-state index contributed by atoms with van der Waals surface area (Å²) in [5, 5.41) is 8.97. The van der Waals surface area contributed by atoms with E-state index in [2.05, 4.69) is 0 Å². The lowest BCUT2D eigenvalue weighted by molar-refractivity contribution is -0.146. The van der Waals surface area contributed by atoms with Gasteiger partial charge in [-0.05, 0) is 13.8 Å². The van der Waals surface area contributed by atoms with Crippen LogP contribution in [-0.4, -0.2) is 68.1 Å². The largest absolute Gasteiger partial charge is 0.480 e. The van der Waals surface area contributed by atoms with Gasteiger partial charge in [-0.15, -0.1) is 0 Å². The van der Waals surface area contributed by atoms with Crippen LogP contribution < -0.4 is 0 Å². The molecule has 1 saturated heterocycles. The van der Waals surface area contributed by atoms with Gasteiger partial charge >= 0.3 is 5.97 Å². The minimum Gasteiger partial charge on any atom is -0.480 e. The molecule has 106 valence electrons. The average molecular weight is 281 g/mol. The van der Waals surface area contributed by atoms with Gasteiger partial charge in [-0.1, -0.05) is 0 Å². The van der Waals surface area contributed by atoms with Crippen LogP contribution in [0.4, 0.5) is 0 Å². The number of aliphatic carboxylic acids is 1. The predicted molar refractivity (Wildman–Crippen MR) is 63.8 cm³/mol. The first-order chi connectivity index (χ1) is 8.34. The molecule has 7 nitrogen and oxygen atoms in total. The van der Waals surface area contributed by atoms with Crippen molar-refractivity contribution in [3.8, 4) is 0 Å². The Morgan fingerprint density at radius 3 is 2.78 bits per heavy atom. The fraction of sp³-hybridized carbons (Fsp3) is 0.900. The summed E-state index contributed by atoms with van der Waals surface area (Å²) in [5.74, 6) is -1.40. The monoisotopic (exact) mass is 281 g/mol. The Morgan fingerprint density at radius 1 is 1.56 bits per heavy atom. The van der Waals surface area contributed by atoms with E-state index in [9.17, 15) is 13.2 Å². The van der Waals surface area contributed by atoms with Crippen molar-refractivity contribution < 1.29 is 27.8 Å². The number of nitrogens with zero attached hydrogens (tertiary/aromatic N) is 1. The van der Waals surface area contributed by atoms with Crippen LogP contribution in [0, 0.1) is 0 Å². The van der Waals surface area contributed by atoms with E-state index in [4.69, 9.17) is 14.6 Å². The number of carboxylic acid groups (broad SMARTS) is 1. The van der Waals surface area contributed by atoms with E-state index in [1.807, 2.05) is 0 Å². The molecule has 0 radical (unpaired) electrons. The van der Waals surface area contributed by atoms with E-state index >= 15 is 0 Å². The van der Waals surface area contributed by atoms with Gasteiger partial charge in [0.15, 0.2) is 0 Å². The van der Waals surface area contributed by atoms with E-state index in [0.29, 0.717) is 0 Å². The maximum Gasteiger partial charge on any atom is 0.324 e. The van der Waals surface area contributed by atoms with E-state index < -0.39 is 22.0 Å². The minimum absolute atomic E-state index is 0.0554. The summed E-state index contributed by atoms with van der Waals surface area (Å²) in [7, 11) is -3.63. The van der Waals surface area contributed by atoms with E-state index in [1.54, 1.807) is 13.8 Å². The second-order valence-electron chi connectivity index (χ2n) is 4.28. The van der Waals surface area contributed by atoms with Gasteiger partial charge in [-0.2, -0.15) is 4.31 Å². The molecule has 0 aromatic carbocycles. The van der Waals surface area contributed by atoms with Crippen molar-refractivity contribution in [2.45, 2.75) is 26.0 Å². The lowest BCUT2D eigenvalue weighted by Crippen LogP contribution is -2.53.